The van der Waals surface area contributed by atoms with E-state index in [9.17, 15) is 0 Å². The molecule has 1 unspecified atom stereocenters. The molecule has 1 atom stereocenters. The van der Waals surface area contributed by atoms with Crippen molar-refractivity contribution in [3.63, 3.8) is 0 Å². The van der Waals surface area contributed by atoms with Gasteiger partial charge in [-0.25, -0.2) is 5.43 Å². The third-order valence-corrected chi connectivity index (χ3v) is 3.18. The SMILES string of the molecule is NNC(C1=COCCC1)c1cccc(Br)c1. The molecule has 86 valence electrons. The van der Waals surface area contributed by atoms with Crippen molar-refractivity contribution < 1.29 is 4.74 Å². The van der Waals surface area contributed by atoms with Crippen LogP contribution in [0.5, 0.6) is 0 Å². The van der Waals surface area contributed by atoms with Gasteiger partial charge in [-0.1, -0.05) is 28.1 Å². The van der Waals surface area contributed by atoms with Crippen molar-refractivity contribution >= 4 is 15.9 Å². The van der Waals surface area contributed by atoms with Crippen LogP contribution in [0.2, 0.25) is 0 Å². The van der Waals surface area contributed by atoms with Gasteiger partial charge in [-0.2, -0.15) is 0 Å². The number of ether oxygens (including phenoxy) is 1. The van der Waals surface area contributed by atoms with Crippen LogP contribution in [-0.4, -0.2) is 6.61 Å². The average Bonchev–Trinajstić information content (AvgIpc) is 2.31. The highest BCUT2D eigenvalue weighted by atomic mass is 79.9. The summed E-state index contributed by atoms with van der Waals surface area (Å²) in [6.07, 6.45) is 3.91. The summed E-state index contributed by atoms with van der Waals surface area (Å²) in [5.74, 6) is 5.62. The Morgan fingerprint density at radius 2 is 2.31 bits per heavy atom. The molecule has 0 saturated heterocycles. The topological polar surface area (TPSA) is 47.3 Å². The summed E-state index contributed by atoms with van der Waals surface area (Å²) < 4.78 is 6.41. The molecule has 0 fully saturated rings. The van der Waals surface area contributed by atoms with E-state index in [2.05, 4.69) is 33.5 Å². The smallest absolute Gasteiger partial charge is 0.0876 e. The molecule has 1 aromatic carbocycles. The summed E-state index contributed by atoms with van der Waals surface area (Å²) in [6.45, 7) is 0.805. The van der Waals surface area contributed by atoms with Gasteiger partial charge in [-0.3, -0.25) is 5.84 Å². The van der Waals surface area contributed by atoms with Crippen LogP contribution in [0.25, 0.3) is 0 Å². The lowest BCUT2D eigenvalue weighted by atomic mass is 9.96. The second-order valence-corrected chi connectivity index (χ2v) is 4.74. The first-order valence-electron chi connectivity index (χ1n) is 5.33. The Hall–Kier alpha value is -0.840. The molecule has 0 bridgehead atoms. The van der Waals surface area contributed by atoms with Crippen molar-refractivity contribution in [3.05, 3.63) is 46.1 Å². The Labute approximate surface area is 104 Å². The van der Waals surface area contributed by atoms with Gasteiger partial charge in [-0.05, 0) is 36.1 Å². The largest absolute Gasteiger partial charge is 0.501 e. The summed E-state index contributed by atoms with van der Waals surface area (Å²) in [5.41, 5.74) is 5.19. The first-order chi connectivity index (χ1) is 7.81. The van der Waals surface area contributed by atoms with Gasteiger partial charge in [0.05, 0.1) is 18.9 Å². The monoisotopic (exact) mass is 282 g/mol. The molecule has 16 heavy (non-hydrogen) atoms. The Bertz CT molecular complexity index is 392. The Balaban J connectivity index is 2.25. The lowest BCUT2D eigenvalue weighted by Crippen LogP contribution is -2.30. The van der Waals surface area contributed by atoms with E-state index in [1.807, 2.05) is 18.4 Å². The number of hydrogen-bond acceptors (Lipinski definition) is 3. The fourth-order valence-corrected chi connectivity index (χ4v) is 2.32. The number of hydrazine groups is 1. The van der Waals surface area contributed by atoms with Gasteiger partial charge in [0.1, 0.15) is 0 Å². The van der Waals surface area contributed by atoms with Crippen molar-refractivity contribution in [2.24, 2.45) is 5.84 Å². The number of nitrogens with two attached hydrogens (primary N) is 1. The minimum Gasteiger partial charge on any atom is -0.501 e. The van der Waals surface area contributed by atoms with E-state index in [0.717, 1.165) is 29.5 Å². The predicted octanol–water partition coefficient (Wildman–Crippen LogP) is 2.65. The van der Waals surface area contributed by atoms with Gasteiger partial charge >= 0.3 is 0 Å². The molecular formula is C12H15BrN2O. The van der Waals surface area contributed by atoms with Gasteiger partial charge in [-0.15, -0.1) is 0 Å². The summed E-state index contributed by atoms with van der Waals surface area (Å²) in [6, 6.07) is 8.18. The van der Waals surface area contributed by atoms with Crippen LogP contribution in [0.3, 0.4) is 0 Å². The van der Waals surface area contributed by atoms with Gasteiger partial charge in [0.15, 0.2) is 0 Å². The van der Waals surface area contributed by atoms with Crippen LogP contribution in [-0.2, 0) is 4.74 Å². The number of hydrogen-bond donors (Lipinski definition) is 2. The molecule has 3 N–H and O–H groups in total. The summed E-state index contributed by atoms with van der Waals surface area (Å²) in [4.78, 5) is 0. The highest BCUT2D eigenvalue weighted by molar-refractivity contribution is 9.10. The van der Waals surface area contributed by atoms with Crippen molar-refractivity contribution in [1.29, 1.82) is 0 Å². The Morgan fingerprint density at radius 1 is 1.44 bits per heavy atom. The van der Waals surface area contributed by atoms with Gasteiger partial charge < -0.3 is 4.74 Å². The lowest BCUT2D eigenvalue weighted by Gasteiger charge is -2.23. The third kappa shape index (κ3) is 2.64. The predicted molar refractivity (Wildman–Crippen MR) is 67.5 cm³/mol. The number of benzene rings is 1. The fraction of sp³-hybridized carbons (Fsp3) is 0.333. The molecular weight excluding hydrogens is 268 g/mol. The molecule has 1 heterocycles. The van der Waals surface area contributed by atoms with Crippen molar-refractivity contribution in [1.82, 2.24) is 5.43 Å². The van der Waals surface area contributed by atoms with Crippen LogP contribution < -0.4 is 11.3 Å². The van der Waals surface area contributed by atoms with Gasteiger partial charge in [0.2, 0.25) is 0 Å². The third-order valence-electron chi connectivity index (χ3n) is 2.68. The Kier molecular flexibility index (Phi) is 3.98. The van der Waals surface area contributed by atoms with E-state index >= 15 is 0 Å². The average molecular weight is 283 g/mol. The first kappa shape index (κ1) is 11.6. The number of rotatable bonds is 3. The zero-order chi connectivity index (χ0) is 11.4. The second-order valence-electron chi connectivity index (χ2n) is 3.82. The lowest BCUT2D eigenvalue weighted by molar-refractivity contribution is 0.219. The maximum atomic E-state index is 5.62. The Morgan fingerprint density at radius 3 is 2.94 bits per heavy atom. The first-order valence-corrected chi connectivity index (χ1v) is 6.12. The van der Waals surface area contributed by atoms with E-state index < -0.39 is 0 Å². The molecule has 0 aliphatic carbocycles. The van der Waals surface area contributed by atoms with Crippen molar-refractivity contribution in [2.75, 3.05) is 6.61 Å². The maximum Gasteiger partial charge on any atom is 0.0876 e. The number of halogens is 1. The minimum atomic E-state index is 0.0396. The normalized spacial score (nSPS) is 17.5. The van der Waals surface area contributed by atoms with E-state index in [-0.39, 0.29) is 6.04 Å². The summed E-state index contributed by atoms with van der Waals surface area (Å²) in [7, 11) is 0. The molecule has 2 rings (SSSR count). The van der Waals surface area contributed by atoms with Crippen LogP contribution in [0.1, 0.15) is 24.4 Å². The molecule has 0 aromatic heterocycles. The van der Waals surface area contributed by atoms with E-state index in [4.69, 9.17) is 10.6 Å². The molecule has 0 saturated carbocycles. The van der Waals surface area contributed by atoms with Crippen LogP contribution in [0.15, 0.2) is 40.6 Å². The zero-order valence-corrected chi connectivity index (χ0v) is 10.5. The summed E-state index contributed by atoms with van der Waals surface area (Å²) in [5, 5.41) is 0. The molecule has 1 aromatic rings. The van der Waals surface area contributed by atoms with Crippen LogP contribution in [0, 0.1) is 0 Å². The van der Waals surface area contributed by atoms with Crippen LogP contribution >= 0.6 is 15.9 Å². The van der Waals surface area contributed by atoms with E-state index in [0.29, 0.717) is 0 Å². The van der Waals surface area contributed by atoms with Gasteiger partial charge in [0, 0.05) is 4.47 Å². The van der Waals surface area contributed by atoms with Crippen molar-refractivity contribution in [3.8, 4) is 0 Å². The fourth-order valence-electron chi connectivity index (χ4n) is 1.90. The van der Waals surface area contributed by atoms with E-state index in [1.165, 1.54) is 5.57 Å². The standard InChI is InChI=1S/C12H15BrN2O/c13-11-5-1-3-9(7-11)12(15-14)10-4-2-6-16-8-10/h1,3,5,7-8,12,15H,2,4,6,14H2. The van der Waals surface area contributed by atoms with Gasteiger partial charge in [0.25, 0.3) is 0 Å². The number of nitrogens with one attached hydrogen (secondary N) is 1. The quantitative estimate of drug-likeness (QED) is 0.662. The van der Waals surface area contributed by atoms with E-state index in [1.54, 1.807) is 0 Å². The molecule has 4 heteroatoms. The molecule has 0 spiro atoms. The molecule has 0 amide bonds. The summed E-state index contributed by atoms with van der Waals surface area (Å²) >= 11 is 3.46. The van der Waals surface area contributed by atoms with Crippen molar-refractivity contribution in [2.45, 2.75) is 18.9 Å². The van der Waals surface area contributed by atoms with Crippen LogP contribution in [0.4, 0.5) is 0 Å². The second kappa shape index (κ2) is 5.48. The molecule has 1 aliphatic rings. The molecule has 0 radical (unpaired) electrons. The maximum absolute atomic E-state index is 5.62. The molecule has 3 nitrogen and oxygen atoms in total. The minimum absolute atomic E-state index is 0.0396. The molecule has 1 aliphatic heterocycles. The highest BCUT2D eigenvalue weighted by Gasteiger charge is 2.17. The highest BCUT2D eigenvalue weighted by Crippen LogP contribution is 2.28. The zero-order valence-electron chi connectivity index (χ0n) is 8.95.